The first-order valence-corrected chi connectivity index (χ1v) is 18.4. The number of ether oxygens (including phenoxy) is 2. The summed E-state index contributed by atoms with van der Waals surface area (Å²) >= 11 is 0. The molecule has 284 valence electrons. The minimum absolute atomic E-state index is 0.0596. The molecule has 2 saturated carbocycles. The quantitative estimate of drug-likeness (QED) is 0.0672. The number of carbonyl (C=O) groups excluding carboxylic acids is 5. The van der Waals surface area contributed by atoms with Crippen LogP contribution in [0.4, 0.5) is 5.69 Å². The first kappa shape index (κ1) is 40.4. The van der Waals surface area contributed by atoms with Crippen molar-refractivity contribution in [3.05, 3.63) is 65.7 Å². The zero-order chi connectivity index (χ0) is 37.6. The van der Waals surface area contributed by atoms with Crippen LogP contribution in [0.3, 0.4) is 0 Å². The molecule has 0 aromatic heterocycles. The molecule has 0 aliphatic heterocycles. The first-order valence-electron chi connectivity index (χ1n) is 18.4. The van der Waals surface area contributed by atoms with Gasteiger partial charge in [0.1, 0.15) is 12.8 Å². The smallest absolute Gasteiger partial charge is 0.338 e. The predicted molar refractivity (Wildman–Crippen MR) is 196 cm³/mol. The van der Waals surface area contributed by atoms with Gasteiger partial charge in [0.25, 0.3) is 0 Å². The third-order valence-corrected chi connectivity index (χ3v) is 10.3. The van der Waals surface area contributed by atoms with E-state index in [9.17, 15) is 29.1 Å². The van der Waals surface area contributed by atoms with Crippen LogP contribution in [0.15, 0.2) is 54.6 Å². The summed E-state index contributed by atoms with van der Waals surface area (Å²) in [6, 6.07) is 15.7. The number of nitrogens with one attached hydrogen (secondary N) is 5. The van der Waals surface area contributed by atoms with Gasteiger partial charge in [-0.15, -0.1) is 0 Å². The largest absolute Gasteiger partial charge is 0.462 e. The van der Waals surface area contributed by atoms with E-state index in [0.29, 0.717) is 30.5 Å². The van der Waals surface area contributed by atoms with Gasteiger partial charge < -0.3 is 35.8 Å². The maximum atomic E-state index is 13.1. The Balaban J connectivity index is 1.17. The van der Waals surface area contributed by atoms with E-state index in [4.69, 9.17) is 9.47 Å². The Morgan fingerprint density at radius 3 is 2.31 bits per heavy atom. The molecule has 0 saturated heterocycles. The molecule has 13 nitrogen and oxygen atoms in total. The second kappa shape index (κ2) is 19.5. The van der Waals surface area contributed by atoms with Crippen LogP contribution in [0.2, 0.25) is 0 Å². The Morgan fingerprint density at radius 2 is 1.63 bits per heavy atom. The summed E-state index contributed by atoms with van der Waals surface area (Å²) in [4.78, 5) is 62.0. The topological polar surface area (TPSA) is 184 Å². The van der Waals surface area contributed by atoms with Crippen LogP contribution in [0.5, 0.6) is 0 Å². The third-order valence-electron chi connectivity index (χ3n) is 10.3. The number of aliphatic hydroxyl groups excluding tert-OH is 1. The number of rotatable bonds is 20. The molecular formula is C39H55N5O8. The molecule has 0 spiro atoms. The maximum Gasteiger partial charge on any atom is 0.338 e. The van der Waals surface area contributed by atoms with Crippen molar-refractivity contribution < 1.29 is 38.6 Å². The number of aliphatic hydroxyl groups is 1. The molecule has 2 fully saturated rings. The number of carbonyl (C=O) groups is 5. The van der Waals surface area contributed by atoms with Crippen LogP contribution in [0.25, 0.3) is 0 Å². The maximum absolute atomic E-state index is 13.1. The molecule has 2 aliphatic rings. The van der Waals surface area contributed by atoms with Crippen LogP contribution in [0.1, 0.15) is 94.0 Å². The molecule has 4 atom stereocenters. The van der Waals surface area contributed by atoms with Crippen molar-refractivity contribution in [2.45, 2.75) is 102 Å². The molecule has 52 heavy (non-hydrogen) atoms. The summed E-state index contributed by atoms with van der Waals surface area (Å²) in [6.45, 7) is 3.35. The van der Waals surface area contributed by atoms with Gasteiger partial charge in [-0.25, -0.2) is 4.79 Å². The van der Waals surface area contributed by atoms with E-state index in [-0.39, 0.29) is 73.3 Å². The average molecular weight is 722 g/mol. The highest BCUT2D eigenvalue weighted by Crippen LogP contribution is 2.54. The molecular weight excluding hydrogens is 666 g/mol. The highest BCUT2D eigenvalue weighted by molar-refractivity contribution is 5.92. The monoisotopic (exact) mass is 721 g/mol. The molecule has 13 heteroatoms. The van der Waals surface area contributed by atoms with E-state index in [0.717, 1.165) is 50.5 Å². The summed E-state index contributed by atoms with van der Waals surface area (Å²) in [5.41, 5.74) is 0.651. The van der Waals surface area contributed by atoms with Crippen molar-refractivity contribution >= 4 is 35.3 Å². The fraction of sp³-hybridized carbons (Fsp3) is 0.564. The highest BCUT2D eigenvalue weighted by Gasteiger charge is 2.51. The Bertz CT molecular complexity index is 1500. The lowest BCUT2D eigenvalue weighted by Crippen LogP contribution is -2.55. The summed E-state index contributed by atoms with van der Waals surface area (Å²) in [5.74, 6) is -1.38. The Hall–Kier alpha value is -4.33. The standard InChI is InChI=1S/C39H55N5O8/c1-27(45)52-26-28-15-17-31(18-16-28)43-33(46)24-42-37(50)39(20-21-39)23-30-13-7-8-14-32(30)44-34(47)25-41-36(49)38(2,40-3)19-9-10-22-51-35(48)29-11-5-4-6-12-29/h4-6,11-12,15-18,30,32,37,40,42,50H,7-10,13-14,19-26H2,1-3H3,(H,41,49)(H,43,46)(H,44,47). The lowest BCUT2D eigenvalue weighted by Gasteiger charge is -2.36. The van der Waals surface area contributed by atoms with Gasteiger partial charge in [-0.2, -0.15) is 0 Å². The lowest BCUT2D eigenvalue weighted by atomic mass is 9.77. The first-order chi connectivity index (χ1) is 24.9. The van der Waals surface area contributed by atoms with Crippen molar-refractivity contribution in [3.8, 4) is 0 Å². The molecule has 2 aromatic rings. The minimum atomic E-state index is -0.896. The number of likely N-dealkylation sites (N-methyl/N-ethyl adjacent to an activating group) is 1. The molecule has 2 aliphatic carbocycles. The van der Waals surface area contributed by atoms with Crippen molar-refractivity contribution in [1.29, 1.82) is 0 Å². The normalized spacial score (nSPS) is 19.3. The molecule has 0 heterocycles. The third kappa shape index (κ3) is 12.4. The predicted octanol–water partition coefficient (Wildman–Crippen LogP) is 3.56. The van der Waals surface area contributed by atoms with E-state index < -0.39 is 11.8 Å². The van der Waals surface area contributed by atoms with Crippen molar-refractivity contribution in [1.82, 2.24) is 21.3 Å². The molecule has 3 amide bonds. The average Bonchev–Trinajstić information content (AvgIpc) is 3.94. The van der Waals surface area contributed by atoms with Crippen molar-refractivity contribution in [3.63, 3.8) is 0 Å². The lowest BCUT2D eigenvalue weighted by molar-refractivity contribution is -0.142. The van der Waals surface area contributed by atoms with Gasteiger partial charge in [-0.3, -0.25) is 24.5 Å². The second-order valence-corrected chi connectivity index (χ2v) is 14.3. The van der Waals surface area contributed by atoms with Gasteiger partial charge in [0.15, 0.2) is 0 Å². The number of hydrogen-bond acceptors (Lipinski definition) is 10. The van der Waals surface area contributed by atoms with Crippen LogP contribution in [-0.4, -0.2) is 79.3 Å². The van der Waals surface area contributed by atoms with E-state index in [1.165, 1.54) is 6.92 Å². The van der Waals surface area contributed by atoms with Gasteiger partial charge in [0, 0.05) is 24.1 Å². The van der Waals surface area contributed by atoms with Crippen LogP contribution < -0.4 is 26.6 Å². The molecule has 4 rings (SSSR count). The summed E-state index contributed by atoms with van der Waals surface area (Å²) in [6.07, 6.45) is 7.05. The van der Waals surface area contributed by atoms with Gasteiger partial charge in [-0.1, -0.05) is 43.2 Å². The molecule has 2 aromatic carbocycles. The molecule has 6 N–H and O–H groups in total. The Kier molecular flexibility index (Phi) is 15.2. The van der Waals surface area contributed by atoms with Crippen molar-refractivity contribution in [2.24, 2.45) is 11.3 Å². The second-order valence-electron chi connectivity index (χ2n) is 14.3. The fourth-order valence-electron chi connectivity index (χ4n) is 6.76. The summed E-state index contributed by atoms with van der Waals surface area (Å²) in [7, 11) is 1.71. The summed E-state index contributed by atoms with van der Waals surface area (Å²) in [5, 5.41) is 25.9. The fourth-order valence-corrected chi connectivity index (χ4v) is 6.76. The van der Waals surface area contributed by atoms with E-state index in [1.54, 1.807) is 62.5 Å². The number of esters is 2. The minimum Gasteiger partial charge on any atom is -0.462 e. The van der Waals surface area contributed by atoms with E-state index in [1.807, 2.05) is 6.07 Å². The molecule has 4 unspecified atom stereocenters. The van der Waals surface area contributed by atoms with Crippen LogP contribution in [0, 0.1) is 11.3 Å². The molecule has 0 radical (unpaired) electrons. The number of hydrogen-bond donors (Lipinski definition) is 6. The number of anilines is 1. The van der Waals surface area contributed by atoms with Crippen LogP contribution >= 0.6 is 0 Å². The summed E-state index contributed by atoms with van der Waals surface area (Å²) < 4.78 is 10.3. The van der Waals surface area contributed by atoms with Gasteiger partial charge in [-0.05, 0) is 101 Å². The van der Waals surface area contributed by atoms with E-state index >= 15 is 0 Å². The number of amides is 3. The number of unbranched alkanes of at least 4 members (excludes halogenated alkanes) is 1. The van der Waals surface area contributed by atoms with E-state index in [2.05, 4.69) is 26.6 Å². The van der Waals surface area contributed by atoms with Crippen molar-refractivity contribution in [2.75, 3.05) is 32.1 Å². The highest BCUT2D eigenvalue weighted by atomic mass is 16.5. The Morgan fingerprint density at radius 1 is 0.923 bits per heavy atom. The van der Waals surface area contributed by atoms with Gasteiger partial charge in [0.2, 0.25) is 17.7 Å². The SMILES string of the molecule is CNC(C)(CCCCOC(=O)c1ccccc1)C(=O)NCC(=O)NC1CCCCC1CC1(C(O)NCC(=O)Nc2ccc(COC(C)=O)cc2)CC1. The Labute approximate surface area is 306 Å². The van der Waals surface area contributed by atoms with Crippen LogP contribution in [-0.2, 0) is 35.3 Å². The van der Waals surface area contributed by atoms with Gasteiger partial charge in [0.05, 0.1) is 30.8 Å². The number of benzene rings is 2. The molecule has 0 bridgehead atoms. The van der Waals surface area contributed by atoms with Gasteiger partial charge >= 0.3 is 11.9 Å². The zero-order valence-electron chi connectivity index (χ0n) is 30.6. The zero-order valence-corrected chi connectivity index (χ0v) is 30.6.